The predicted octanol–water partition coefficient (Wildman–Crippen LogP) is 3.65. The van der Waals surface area contributed by atoms with E-state index >= 15 is 0 Å². The van der Waals surface area contributed by atoms with E-state index in [4.69, 9.17) is 9.47 Å². The Hall–Kier alpha value is -2.89. The fourth-order valence-electron chi connectivity index (χ4n) is 2.04. The van der Waals surface area contributed by atoms with E-state index in [2.05, 4.69) is 0 Å². The first-order valence-electron chi connectivity index (χ1n) is 7.55. The predicted molar refractivity (Wildman–Crippen MR) is 91.4 cm³/mol. The van der Waals surface area contributed by atoms with Crippen molar-refractivity contribution in [3.8, 4) is 11.5 Å². The third-order valence-electron chi connectivity index (χ3n) is 3.48. The maximum Gasteiger partial charge on any atom is 0.246 e. The number of carbonyl (C=O) groups excluding carboxylic acids is 1. The maximum atomic E-state index is 13.6. The number of hydrogen-bond donors (Lipinski definition) is 0. The summed E-state index contributed by atoms with van der Waals surface area (Å²) in [5.74, 6) is -0.729. The highest BCUT2D eigenvalue weighted by molar-refractivity contribution is 5.91. The first-order chi connectivity index (χ1) is 11.9. The van der Waals surface area contributed by atoms with Gasteiger partial charge >= 0.3 is 0 Å². The first-order valence-corrected chi connectivity index (χ1v) is 7.55. The van der Waals surface area contributed by atoms with Crippen LogP contribution in [0.5, 0.6) is 11.5 Å². The van der Waals surface area contributed by atoms with Crippen molar-refractivity contribution in [2.24, 2.45) is 0 Å². The molecular weight excluding hydrogens is 328 g/mol. The fourth-order valence-corrected chi connectivity index (χ4v) is 2.04. The first kappa shape index (κ1) is 18.4. The van der Waals surface area contributed by atoms with Crippen molar-refractivity contribution >= 4 is 12.0 Å². The van der Waals surface area contributed by atoms with E-state index < -0.39 is 11.6 Å². The van der Waals surface area contributed by atoms with E-state index in [0.717, 1.165) is 5.56 Å². The Labute approximate surface area is 145 Å². The lowest BCUT2D eigenvalue weighted by molar-refractivity contribution is -0.123. The van der Waals surface area contributed by atoms with Crippen molar-refractivity contribution in [3.05, 3.63) is 65.2 Å². The Balaban J connectivity index is 2.15. The minimum Gasteiger partial charge on any atom is -0.493 e. The van der Waals surface area contributed by atoms with E-state index in [1.54, 1.807) is 38.4 Å². The molecule has 0 saturated heterocycles. The van der Waals surface area contributed by atoms with Crippen LogP contribution in [0.3, 0.4) is 0 Å². The molecule has 4 nitrogen and oxygen atoms in total. The lowest BCUT2D eigenvalue weighted by Gasteiger charge is -2.12. The Morgan fingerprint density at radius 2 is 1.80 bits per heavy atom. The molecule has 132 valence electrons. The molecule has 0 aliphatic heterocycles. The molecule has 6 heteroatoms. The van der Waals surface area contributed by atoms with E-state index in [9.17, 15) is 13.6 Å². The molecular formula is C19H19F2NO3. The normalized spacial score (nSPS) is 10.8. The number of ether oxygens (including phenoxy) is 2. The van der Waals surface area contributed by atoms with Crippen LogP contribution in [-0.2, 0) is 11.4 Å². The molecule has 0 aliphatic carbocycles. The van der Waals surface area contributed by atoms with Gasteiger partial charge in [0.1, 0.15) is 18.2 Å². The molecule has 2 aromatic carbocycles. The third-order valence-corrected chi connectivity index (χ3v) is 3.48. The van der Waals surface area contributed by atoms with E-state index in [1.165, 1.54) is 36.3 Å². The van der Waals surface area contributed by atoms with Crippen LogP contribution in [0.25, 0.3) is 6.08 Å². The second kappa shape index (κ2) is 8.28. The average Bonchev–Trinajstić information content (AvgIpc) is 2.59. The van der Waals surface area contributed by atoms with Gasteiger partial charge in [0.25, 0.3) is 0 Å². The molecule has 0 N–H and O–H groups in total. The summed E-state index contributed by atoms with van der Waals surface area (Å²) in [5, 5.41) is 0. The van der Waals surface area contributed by atoms with Crippen molar-refractivity contribution < 1.29 is 23.0 Å². The van der Waals surface area contributed by atoms with Crippen LogP contribution in [0, 0.1) is 11.6 Å². The van der Waals surface area contributed by atoms with Gasteiger partial charge in [0, 0.05) is 20.2 Å². The summed E-state index contributed by atoms with van der Waals surface area (Å²) in [7, 11) is 4.78. The molecule has 0 bridgehead atoms. The second-order valence-corrected chi connectivity index (χ2v) is 5.47. The monoisotopic (exact) mass is 347 g/mol. The molecule has 25 heavy (non-hydrogen) atoms. The zero-order chi connectivity index (χ0) is 18.4. The van der Waals surface area contributed by atoms with Crippen LogP contribution in [-0.4, -0.2) is 32.0 Å². The zero-order valence-electron chi connectivity index (χ0n) is 14.3. The second-order valence-electron chi connectivity index (χ2n) is 5.47. The number of halogens is 2. The summed E-state index contributed by atoms with van der Waals surface area (Å²) in [4.78, 5) is 13.0. The number of amides is 1. The summed E-state index contributed by atoms with van der Waals surface area (Å²) < 4.78 is 38.0. The molecule has 0 aromatic heterocycles. The van der Waals surface area contributed by atoms with Gasteiger partial charge in [0.15, 0.2) is 11.5 Å². The molecule has 1 amide bonds. The highest BCUT2D eigenvalue weighted by Gasteiger charge is 2.11. The number of hydrogen-bond acceptors (Lipinski definition) is 3. The van der Waals surface area contributed by atoms with Crippen molar-refractivity contribution in [3.63, 3.8) is 0 Å². The number of nitrogens with zero attached hydrogens (tertiary/aromatic N) is 1. The Morgan fingerprint density at radius 1 is 1.12 bits per heavy atom. The highest BCUT2D eigenvalue weighted by Crippen LogP contribution is 2.29. The number of carbonyl (C=O) groups is 1. The summed E-state index contributed by atoms with van der Waals surface area (Å²) >= 11 is 0. The van der Waals surface area contributed by atoms with Gasteiger partial charge in [-0.2, -0.15) is 0 Å². The molecule has 0 unspecified atom stereocenters. The van der Waals surface area contributed by atoms with E-state index in [-0.39, 0.29) is 18.1 Å². The number of methoxy groups -OCH3 is 1. The number of rotatable bonds is 6. The minimum absolute atomic E-state index is 0.144. The van der Waals surface area contributed by atoms with Crippen molar-refractivity contribution in [2.75, 3.05) is 21.2 Å². The Bertz CT molecular complexity index is 768. The average molecular weight is 347 g/mol. The smallest absolute Gasteiger partial charge is 0.246 e. The molecule has 0 saturated carbocycles. The topological polar surface area (TPSA) is 38.8 Å². The van der Waals surface area contributed by atoms with E-state index in [1.807, 2.05) is 0 Å². The van der Waals surface area contributed by atoms with E-state index in [0.29, 0.717) is 11.5 Å². The van der Waals surface area contributed by atoms with Crippen molar-refractivity contribution in [2.45, 2.75) is 6.61 Å². The van der Waals surface area contributed by atoms with Crippen LogP contribution < -0.4 is 9.47 Å². The fraction of sp³-hybridized carbons (Fsp3) is 0.211. The molecule has 0 fully saturated rings. The van der Waals surface area contributed by atoms with Crippen LogP contribution in [0.2, 0.25) is 0 Å². The van der Waals surface area contributed by atoms with Crippen molar-refractivity contribution in [1.29, 1.82) is 0 Å². The van der Waals surface area contributed by atoms with Gasteiger partial charge < -0.3 is 14.4 Å². The minimum atomic E-state index is -0.666. The van der Waals surface area contributed by atoms with Gasteiger partial charge in [0.2, 0.25) is 5.91 Å². The SMILES string of the molecule is COc1cc(C=CC(=O)N(C)C)ccc1OCc1c(F)cccc1F. The van der Waals surface area contributed by atoms with Crippen molar-refractivity contribution in [1.82, 2.24) is 4.90 Å². The highest BCUT2D eigenvalue weighted by atomic mass is 19.1. The van der Waals surface area contributed by atoms with Gasteiger partial charge in [0.05, 0.1) is 12.7 Å². The number of likely N-dealkylation sites (N-methyl/N-ethyl adjacent to an activating group) is 1. The lowest BCUT2D eigenvalue weighted by atomic mass is 10.1. The van der Waals surface area contributed by atoms with Crippen LogP contribution in [0.1, 0.15) is 11.1 Å². The molecule has 0 atom stereocenters. The van der Waals surface area contributed by atoms with Crippen LogP contribution >= 0.6 is 0 Å². The molecule has 2 aromatic rings. The van der Waals surface area contributed by atoms with Gasteiger partial charge in [-0.3, -0.25) is 4.79 Å². The summed E-state index contributed by atoms with van der Waals surface area (Å²) in [6.45, 7) is -0.261. The summed E-state index contributed by atoms with van der Waals surface area (Å²) in [6, 6.07) is 8.66. The van der Waals surface area contributed by atoms with Crippen LogP contribution in [0.4, 0.5) is 8.78 Å². The Morgan fingerprint density at radius 3 is 2.40 bits per heavy atom. The van der Waals surface area contributed by atoms with Gasteiger partial charge in [-0.1, -0.05) is 12.1 Å². The molecule has 0 spiro atoms. The lowest BCUT2D eigenvalue weighted by Crippen LogP contribution is -2.18. The zero-order valence-corrected chi connectivity index (χ0v) is 14.3. The third kappa shape index (κ3) is 4.79. The summed E-state index contributed by atoms with van der Waals surface area (Å²) in [6.07, 6.45) is 3.08. The molecule has 0 radical (unpaired) electrons. The number of benzene rings is 2. The quantitative estimate of drug-likeness (QED) is 0.749. The van der Waals surface area contributed by atoms with Gasteiger partial charge in [-0.05, 0) is 35.9 Å². The largest absolute Gasteiger partial charge is 0.493 e. The summed E-state index contributed by atoms with van der Waals surface area (Å²) in [5.41, 5.74) is 0.585. The van der Waals surface area contributed by atoms with Gasteiger partial charge in [-0.15, -0.1) is 0 Å². The maximum absolute atomic E-state index is 13.6. The molecule has 2 rings (SSSR count). The Kier molecular flexibility index (Phi) is 6.11. The molecule has 0 heterocycles. The van der Waals surface area contributed by atoms with Crippen LogP contribution in [0.15, 0.2) is 42.5 Å². The van der Waals surface area contributed by atoms with Gasteiger partial charge in [-0.25, -0.2) is 8.78 Å². The standard InChI is InChI=1S/C19H19F2NO3/c1-22(2)19(23)10-8-13-7-9-17(18(11-13)24-3)25-12-14-15(20)5-4-6-16(14)21/h4-11H,12H2,1-3H3. The molecule has 0 aliphatic rings.